The van der Waals surface area contributed by atoms with E-state index < -0.39 is 0 Å². The molecule has 2 aromatic rings. The second-order valence-electron chi connectivity index (χ2n) is 4.71. The minimum atomic E-state index is 0.544. The zero-order valence-electron chi connectivity index (χ0n) is 10.8. The fourth-order valence-electron chi connectivity index (χ4n) is 1.89. The highest BCUT2D eigenvalue weighted by Gasteiger charge is 2.13. The summed E-state index contributed by atoms with van der Waals surface area (Å²) in [6, 6.07) is 10.4. The van der Waals surface area contributed by atoms with Crippen molar-refractivity contribution in [2.24, 2.45) is 5.92 Å². The highest BCUT2D eigenvalue weighted by atomic mass is 32.1. The maximum atomic E-state index is 8.74. The molecule has 1 heterocycles. The Bertz CT molecular complexity index is 520. The van der Waals surface area contributed by atoms with Crippen LogP contribution in [0.1, 0.15) is 20.3 Å². The molecular weight excluding hydrogens is 242 g/mol. The molecule has 0 radical (unpaired) electrons. The third-order valence-corrected chi connectivity index (χ3v) is 3.73. The molecule has 1 aromatic carbocycles. The Balaban J connectivity index is 2.25. The van der Waals surface area contributed by atoms with Gasteiger partial charge in [0, 0.05) is 13.1 Å². The van der Waals surface area contributed by atoms with Gasteiger partial charge in [-0.25, -0.2) is 4.98 Å². The van der Waals surface area contributed by atoms with Crippen molar-refractivity contribution in [1.82, 2.24) is 4.98 Å². The molecule has 0 N–H and O–H groups in total. The van der Waals surface area contributed by atoms with Crippen molar-refractivity contribution in [1.29, 1.82) is 5.26 Å². The quantitative estimate of drug-likeness (QED) is 0.822. The molecule has 0 spiro atoms. The van der Waals surface area contributed by atoms with E-state index in [0.29, 0.717) is 12.3 Å². The highest BCUT2D eigenvalue weighted by Crippen LogP contribution is 2.29. The van der Waals surface area contributed by atoms with Crippen molar-refractivity contribution >= 4 is 26.7 Å². The summed E-state index contributed by atoms with van der Waals surface area (Å²) >= 11 is 1.70. The molecule has 0 bridgehead atoms. The van der Waals surface area contributed by atoms with Crippen LogP contribution in [0, 0.1) is 17.2 Å². The summed E-state index contributed by atoms with van der Waals surface area (Å²) in [6.07, 6.45) is 0.544. The zero-order chi connectivity index (χ0) is 13.0. The molecule has 3 nitrogen and oxygen atoms in total. The first-order valence-corrected chi connectivity index (χ1v) is 7.00. The van der Waals surface area contributed by atoms with Gasteiger partial charge in [0.15, 0.2) is 5.13 Å². The Morgan fingerprint density at radius 2 is 2.17 bits per heavy atom. The first-order valence-electron chi connectivity index (χ1n) is 6.18. The summed E-state index contributed by atoms with van der Waals surface area (Å²) < 4.78 is 1.21. The van der Waals surface area contributed by atoms with Crippen LogP contribution in [0.25, 0.3) is 10.2 Å². The molecule has 0 aliphatic carbocycles. The molecule has 0 saturated carbocycles. The number of fused-ring (bicyclic) bond motifs is 1. The normalized spacial score (nSPS) is 10.8. The lowest BCUT2D eigenvalue weighted by Crippen LogP contribution is -2.28. The monoisotopic (exact) mass is 259 g/mol. The van der Waals surface area contributed by atoms with E-state index >= 15 is 0 Å². The second kappa shape index (κ2) is 5.83. The molecule has 0 saturated heterocycles. The van der Waals surface area contributed by atoms with E-state index in [4.69, 9.17) is 5.26 Å². The van der Waals surface area contributed by atoms with Crippen LogP contribution in [0.4, 0.5) is 5.13 Å². The smallest absolute Gasteiger partial charge is 0.186 e. The van der Waals surface area contributed by atoms with Crippen molar-refractivity contribution in [3.8, 4) is 6.07 Å². The summed E-state index contributed by atoms with van der Waals surface area (Å²) in [4.78, 5) is 6.87. The Morgan fingerprint density at radius 1 is 1.39 bits per heavy atom. The molecule has 4 heteroatoms. The maximum absolute atomic E-state index is 8.74. The van der Waals surface area contributed by atoms with Crippen LogP contribution in [-0.2, 0) is 0 Å². The number of hydrogen-bond donors (Lipinski definition) is 0. The Morgan fingerprint density at radius 3 is 2.83 bits per heavy atom. The topological polar surface area (TPSA) is 39.9 Å². The van der Waals surface area contributed by atoms with Gasteiger partial charge in [0.2, 0.25) is 0 Å². The fourth-order valence-corrected chi connectivity index (χ4v) is 2.89. The molecule has 0 fully saturated rings. The van der Waals surface area contributed by atoms with E-state index in [2.05, 4.69) is 35.9 Å². The average Bonchev–Trinajstić information content (AvgIpc) is 2.77. The van der Waals surface area contributed by atoms with Crippen molar-refractivity contribution in [2.75, 3.05) is 18.0 Å². The predicted molar refractivity (Wildman–Crippen MR) is 76.9 cm³/mol. The summed E-state index contributed by atoms with van der Waals surface area (Å²) in [6.45, 7) is 6.08. The van der Waals surface area contributed by atoms with Crippen LogP contribution in [0.3, 0.4) is 0 Å². The fraction of sp³-hybridized carbons (Fsp3) is 0.429. The lowest BCUT2D eigenvalue weighted by atomic mass is 10.2. The SMILES string of the molecule is CC(C)CN(CCC#N)c1nc2ccccc2s1. The van der Waals surface area contributed by atoms with Crippen molar-refractivity contribution in [2.45, 2.75) is 20.3 Å². The van der Waals surface area contributed by atoms with Gasteiger partial charge in [0.1, 0.15) is 0 Å². The molecule has 18 heavy (non-hydrogen) atoms. The zero-order valence-corrected chi connectivity index (χ0v) is 11.6. The number of benzene rings is 1. The molecule has 0 amide bonds. The van der Waals surface area contributed by atoms with E-state index in [0.717, 1.165) is 23.7 Å². The molecule has 0 atom stereocenters. The number of nitrogens with zero attached hydrogens (tertiary/aromatic N) is 3. The summed E-state index contributed by atoms with van der Waals surface area (Å²) in [5, 5.41) is 9.77. The predicted octanol–water partition coefficient (Wildman–Crippen LogP) is 3.67. The van der Waals surface area contributed by atoms with Gasteiger partial charge in [-0.15, -0.1) is 0 Å². The lowest BCUT2D eigenvalue weighted by molar-refractivity contribution is 0.611. The van der Waals surface area contributed by atoms with Gasteiger partial charge in [-0.2, -0.15) is 5.26 Å². The number of thiazole rings is 1. The number of nitriles is 1. The highest BCUT2D eigenvalue weighted by molar-refractivity contribution is 7.22. The minimum absolute atomic E-state index is 0.544. The maximum Gasteiger partial charge on any atom is 0.186 e. The van der Waals surface area contributed by atoms with Gasteiger partial charge in [0.05, 0.1) is 22.7 Å². The van der Waals surface area contributed by atoms with E-state index in [1.165, 1.54) is 4.70 Å². The van der Waals surface area contributed by atoms with E-state index in [1.54, 1.807) is 11.3 Å². The Kier molecular flexibility index (Phi) is 4.16. The summed E-state index contributed by atoms with van der Waals surface area (Å²) in [5.41, 5.74) is 1.04. The third-order valence-electron chi connectivity index (χ3n) is 2.63. The van der Waals surface area contributed by atoms with Crippen molar-refractivity contribution in [3.05, 3.63) is 24.3 Å². The van der Waals surface area contributed by atoms with Gasteiger partial charge in [-0.3, -0.25) is 0 Å². The van der Waals surface area contributed by atoms with Gasteiger partial charge >= 0.3 is 0 Å². The van der Waals surface area contributed by atoms with Crippen molar-refractivity contribution in [3.63, 3.8) is 0 Å². The first-order chi connectivity index (χ1) is 8.70. The average molecular weight is 259 g/mol. The molecule has 2 rings (SSSR count). The van der Waals surface area contributed by atoms with Gasteiger partial charge in [-0.05, 0) is 18.1 Å². The van der Waals surface area contributed by atoms with Gasteiger partial charge in [-0.1, -0.05) is 37.3 Å². The molecular formula is C14H17N3S. The number of anilines is 1. The number of rotatable bonds is 5. The standard InChI is InChI=1S/C14H17N3S/c1-11(2)10-17(9-5-8-15)14-16-12-6-3-4-7-13(12)18-14/h3-4,6-7,11H,5,9-10H2,1-2H3. The largest absolute Gasteiger partial charge is 0.347 e. The first kappa shape index (κ1) is 12.8. The van der Waals surface area contributed by atoms with Gasteiger partial charge < -0.3 is 4.90 Å². The molecule has 0 aliphatic heterocycles. The number of para-hydroxylation sites is 1. The van der Waals surface area contributed by atoms with Crippen molar-refractivity contribution < 1.29 is 0 Å². The van der Waals surface area contributed by atoms with Gasteiger partial charge in [0.25, 0.3) is 0 Å². The molecule has 1 aromatic heterocycles. The summed E-state index contributed by atoms with van der Waals surface area (Å²) in [5.74, 6) is 0.565. The van der Waals surface area contributed by atoms with Crippen LogP contribution in [-0.4, -0.2) is 18.1 Å². The third kappa shape index (κ3) is 2.99. The molecule has 94 valence electrons. The van der Waals surface area contributed by atoms with E-state index in [9.17, 15) is 0 Å². The second-order valence-corrected chi connectivity index (χ2v) is 5.72. The lowest BCUT2D eigenvalue weighted by Gasteiger charge is -2.22. The molecule has 0 unspecified atom stereocenters. The Hall–Kier alpha value is -1.60. The van der Waals surface area contributed by atoms with E-state index in [1.807, 2.05) is 18.2 Å². The van der Waals surface area contributed by atoms with Crippen LogP contribution in [0.5, 0.6) is 0 Å². The van der Waals surface area contributed by atoms with Crippen LogP contribution >= 0.6 is 11.3 Å². The van der Waals surface area contributed by atoms with Crippen LogP contribution < -0.4 is 4.90 Å². The van der Waals surface area contributed by atoms with Crippen LogP contribution in [0.2, 0.25) is 0 Å². The number of hydrogen-bond acceptors (Lipinski definition) is 4. The van der Waals surface area contributed by atoms with Crippen LogP contribution in [0.15, 0.2) is 24.3 Å². The Labute approximate surface area is 112 Å². The van der Waals surface area contributed by atoms with E-state index in [-0.39, 0.29) is 0 Å². The minimum Gasteiger partial charge on any atom is -0.347 e. The summed E-state index contributed by atoms with van der Waals surface area (Å²) in [7, 11) is 0. The molecule has 0 aliphatic rings. The number of aromatic nitrogens is 1.